The van der Waals surface area contributed by atoms with Gasteiger partial charge >= 0.3 is 6.18 Å². The monoisotopic (exact) mass is 402 g/mol. The summed E-state index contributed by atoms with van der Waals surface area (Å²) in [4.78, 5) is 19.1. The summed E-state index contributed by atoms with van der Waals surface area (Å²) >= 11 is 0. The molecule has 1 aliphatic rings. The smallest absolute Gasteiger partial charge is 0.365 e. The van der Waals surface area contributed by atoms with Gasteiger partial charge in [0.2, 0.25) is 0 Å². The number of hydrogen-bond acceptors (Lipinski definition) is 6. The summed E-state index contributed by atoms with van der Waals surface area (Å²) in [5.74, 6) is 1.79. The zero-order chi connectivity index (χ0) is 20.4. The fourth-order valence-corrected chi connectivity index (χ4v) is 3.49. The molecule has 0 radical (unpaired) electrons. The van der Waals surface area contributed by atoms with Crippen LogP contribution in [0.4, 0.5) is 19.0 Å². The molecule has 152 valence electrons. The van der Waals surface area contributed by atoms with E-state index < -0.39 is 11.9 Å². The highest BCUT2D eigenvalue weighted by atomic mass is 19.4. The lowest BCUT2D eigenvalue weighted by Crippen LogP contribution is -2.45. The molecule has 1 N–H and O–H groups in total. The summed E-state index contributed by atoms with van der Waals surface area (Å²) in [6.45, 7) is 4.73. The van der Waals surface area contributed by atoms with Crippen molar-refractivity contribution < 1.29 is 13.2 Å². The van der Waals surface area contributed by atoms with E-state index in [0.29, 0.717) is 35.1 Å². The van der Waals surface area contributed by atoms with Crippen LogP contribution in [-0.4, -0.2) is 37.9 Å². The van der Waals surface area contributed by atoms with Crippen LogP contribution in [0.15, 0.2) is 36.7 Å². The Morgan fingerprint density at radius 3 is 2.62 bits per heavy atom. The Balaban J connectivity index is 1.58. The van der Waals surface area contributed by atoms with Gasteiger partial charge in [-0.05, 0) is 24.1 Å². The molecule has 6 nitrogen and oxygen atoms in total. The van der Waals surface area contributed by atoms with Gasteiger partial charge in [0.1, 0.15) is 17.3 Å². The second-order valence-corrected chi connectivity index (χ2v) is 7.19. The number of alkyl halides is 3. The standard InChI is InChI=1S/C20H21F3N6/c1-2-13-10-29(11-13)12-16-27-18-15(6-4-8-25-18)19(28-16)26-9-14-5-3-7-24-17(14)20(21,22)23/h3-8,13H,2,9-12H2,1H3,(H,25,26,27,28). The summed E-state index contributed by atoms with van der Waals surface area (Å²) in [5.41, 5.74) is -0.309. The number of aromatic nitrogens is 4. The molecule has 3 aromatic rings. The van der Waals surface area contributed by atoms with Crippen molar-refractivity contribution in [2.24, 2.45) is 5.92 Å². The summed E-state index contributed by atoms with van der Waals surface area (Å²) in [6.07, 6.45) is -0.574. The van der Waals surface area contributed by atoms with E-state index in [9.17, 15) is 13.2 Å². The lowest BCUT2D eigenvalue weighted by Gasteiger charge is -2.38. The summed E-state index contributed by atoms with van der Waals surface area (Å²) in [6, 6.07) is 6.46. The Labute approximate surface area is 166 Å². The number of hydrogen-bond donors (Lipinski definition) is 1. The average Bonchev–Trinajstić information content (AvgIpc) is 2.68. The molecule has 0 aromatic carbocycles. The molecule has 29 heavy (non-hydrogen) atoms. The third-order valence-electron chi connectivity index (χ3n) is 5.10. The lowest BCUT2D eigenvalue weighted by molar-refractivity contribution is -0.141. The molecule has 0 aliphatic carbocycles. The van der Waals surface area contributed by atoms with E-state index in [4.69, 9.17) is 0 Å². The minimum Gasteiger partial charge on any atom is -0.365 e. The van der Waals surface area contributed by atoms with Crippen molar-refractivity contribution >= 4 is 16.9 Å². The van der Waals surface area contributed by atoms with Crippen LogP contribution in [0.2, 0.25) is 0 Å². The second kappa shape index (κ2) is 7.90. The minimum atomic E-state index is -4.51. The zero-order valence-corrected chi connectivity index (χ0v) is 15.9. The van der Waals surface area contributed by atoms with Gasteiger partial charge in [0.15, 0.2) is 5.65 Å². The van der Waals surface area contributed by atoms with Crippen molar-refractivity contribution in [2.45, 2.75) is 32.6 Å². The van der Waals surface area contributed by atoms with E-state index in [-0.39, 0.29) is 12.1 Å². The average molecular weight is 402 g/mol. The third-order valence-corrected chi connectivity index (χ3v) is 5.10. The van der Waals surface area contributed by atoms with Gasteiger partial charge in [0.05, 0.1) is 11.9 Å². The number of pyridine rings is 2. The molecule has 0 bridgehead atoms. The fourth-order valence-electron chi connectivity index (χ4n) is 3.49. The summed E-state index contributed by atoms with van der Waals surface area (Å²) in [7, 11) is 0. The van der Waals surface area contributed by atoms with Gasteiger partial charge in [-0.3, -0.25) is 9.88 Å². The molecule has 0 amide bonds. The molecule has 9 heteroatoms. The predicted molar refractivity (Wildman–Crippen MR) is 103 cm³/mol. The van der Waals surface area contributed by atoms with Crippen LogP contribution in [0.5, 0.6) is 0 Å². The highest BCUT2D eigenvalue weighted by Gasteiger charge is 2.35. The molecule has 1 fully saturated rings. The van der Waals surface area contributed by atoms with Gasteiger partial charge in [0, 0.05) is 37.6 Å². The van der Waals surface area contributed by atoms with Crippen LogP contribution >= 0.6 is 0 Å². The van der Waals surface area contributed by atoms with Crippen LogP contribution in [0.25, 0.3) is 11.0 Å². The highest BCUT2D eigenvalue weighted by molar-refractivity contribution is 5.86. The Bertz CT molecular complexity index is 1000. The highest BCUT2D eigenvalue weighted by Crippen LogP contribution is 2.30. The van der Waals surface area contributed by atoms with Crippen LogP contribution in [0.3, 0.4) is 0 Å². The number of nitrogens with zero attached hydrogens (tertiary/aromatic N) is 5. The first-order chi connectivity index (χ1) is 13.9. The van der Waals surface area contributed by atoms with E-state index >= 15 is 0 Å². The van der Waals surface area contributed by atoms with Gasteiger partial charge in [-0.15, -0.1) is 0 Å². The quantitative estimate of drug-likeness (QED) is 0.675. The summed E-state index contributed by atoms with van der Waals surface area (Å²) < 4.78 is 39.6. The molecular weight excluding hydrogens is 381 g/mol. The molecule has 1 saturated heterocycles. The molecule has 0 saturated carbocycles. The largest absolute Gasteiger partial charge is 0.433 e. The number of fused-ring (bicyclic) bond motifs is 1. The maximum Gasteiger partial charge on any atom is 0.433 e. The van der Waals surface area contributed by atoms with E-state index in [1.165, 1.54) is 12.1 Å². The molecule has 4 heterocycles. The normalized spacial score (nSPS) is 15.4. The van der Waals surface area contributed by atoms with Gasteiger partial charge in [-0.1, -0.05) is 19.4 Å². The Hall–Kier alpha value is -2.81. The van der Waals surface area contributed by atoms with Crippen LogP contribution < -0.4 is 5.32 Å². The Kier molecular flexibility index (Phi) is 5.31. The van der Waals surface area contributed by atoms with Gasteiger partial charge in [-0.2, -0.15) is 13.2 Å². The molecule has 0 spiro atoms. The lowest BCUT2D eigenvalue weighted by atomic mass is 9.97. The first-order valence-corrected chi connectivity index (χ1v) is 9.53. The van der Waals surface area contributed by atoms with Crippen molar-refractivity contribution in [1.82, 2.24) is 24.8 Å². The van der Waals surface area contributed by atoms with Crippen LogP contribution in [0, 0.1) is 5.92 Å². The Morgan fingerprint density at radius 1 is 1.10 bits per heavy atom. The molecule has 1 aliphatic heterocycles. The molecule has 0 unspecified atom stereocenters. The summed E-state index contributed by atoms with van der Waals surface area (Å²) in [5, 5.41) is 3.71. The van der Waals surface area contributed by atoms with Crippen molar-refractivity contribution in [2.75, 3.05) is 18.4 Å². The topological polar surface area (TPSA) is 66.8 Å². The maximum atomic E-state index is 13.2. The van der Waals surface area contributed by atoms with E-state index in [1.54, 1.807) is 18.3 Å². The Morgan fingerprint density at radius 2 is 1.86 bits per heavy atom. The first-order valence-electron chi connectivity index (χ1n) is 9.53. The fraction of sp³-hybridized carbons (Fsp3) is 0.400. The number of halogens is 3. The van der Waals surface area contributed by atoms with E-state index in [1.807, 2.05) is 0 Å². The predicted octanol–water partition coefficient (Wildman–Crippen LogP) is 3.89. The van der Waals surface area contributed by atoms with Crippen LogP contribution in [-0.2, 0) is 19.3 Å². The number of anilines is 1. The first kappa shape index (κ1) is 19.5. The zero-order valence-electron chi connectivity index (χ0n) is 15.9. The van der Waals surface area contributed by atoms with Crippen molar-refractivity contribution in [3.63, 3.8) is 0 Å². The molecule has 0 atom stereocenters. The second-order valence-electron chi connectivity index (χ2n) is 7.19. The maximum absolute atomic E-state index is 13.2. The number of nitrogens with one attached hydrogen (secondary N) is 1. The van der Waals surface area contributed by atoms with E-state index in [0.717, 1.165) is 25.7 Å². The van der Waals surface area contributed by atoms with Crippen LogP contribution in [0.1, 0.15) is 30.4 Å². The minimum absolute atomic E-state index is 0.0508. The van der Waals surface area contributed by atoms with Crippen molar-refractivity contribution in [1.29, 1.82) is 0 Å². The number of likely N-dealkylation sites (tertiary alicyclic amines) is 1. The van der Waals surface area contributed by atoms with E-state index in [2.05, 4.69) is 37.1 Å². The third kappa shape index (κ3) is 4.29. The molecule has 4 rings (SSSR count). The van der Waals surface area contributed by atoms with Gasteiger partial charge < -0.3 is 5.32 Å². The molecule has 3 aromatic heterocycles. The van der Waals surface area contributed by atoms with Crippen molar-refractivity contribution in [3.8, 4) is 0 Å². The van der Waals surface area contributed by atoms with Crippen molar-refractivity contribution in [3.05, 3.63) is 53.7 Å². The van der Waals surface area contributed by atoms with Gasteiger partial charge in [0.25, 0.3) is 0 Å². The SMILES string of the molecule is CCC1CN(Cc2nc(NCc3cccnc3C(F)(F)F)c3cccnc3n2)C1. The number of rotatable bonds is 6. The molecular formula is C20H21F3N6. The van der Waals surface area contributed by atoms with Gasteiger partial charge in [-0.25, -0.2) is 15.0 Å².